The molecule has 0 heterocycles. The highest BCUT2D eigenvalue weighted by molar-refractivity contribution is 6.30. The Morgan fingerprint density at radius 1 is 1.40 bits per heavy atom. The maximum absolute atomic E-state index is 6.06. The van der Waals surface area contributed by atoms with Crippen molar-refractivity contribution in [2.75, 3.05) is 13.7 Å². The van der Waals surface area contributed by atoms with Crippen molar-refractivity contribution in [1.29, 1.82) is 0 Å². The van der Waals surface area contributed by atoms with Gasteiger partial charge in [-0.3, -0.25) is 0 Å². The molecule has 0 aliphatic rings. The lowest BCUT2D eigenvalue weighted by molar-refractivity contribution is 0.190. The molecule has 0 saturated carbocycles. The van der Waals surface area contributed by atoms with Crippen molar-refractivity contribution < 1.29 is 4.74 Å². The van der Waals surface area contributed by atoms with Crippen molar-refractivity contribution in [1.82, 2.24) is 0 Å². The average Bonchev–Trinajstić information content (AvgIpc) is 2.16. The summed E-state index contributed by atoms with van der Waals surface area (Å²) in [5.74, 6) is 0. The largest absolute Gasteiger partial charge is 0.385 e. The third kappa shape index (κ3) is 4.20. The first-order chi connectivity index (χ1) is 7.13. The van der Waals surface area contributed by atoms with Gasteiger partial charge in [-0.05, 0) is 43.0 Å². The van der Waals surface area contributed by atoms with E-state index in [1.165, 1.54) is 0 Å². The van der Waals surface area contributed by atoms with Crippen LogP contribution in [-0.4, -0.2) is 13.7 Å². The zero-order valence-corrected chi connectivity index (χ0v) is 10.1. The summed E-state index contributed by atoms with van der Waals surface area (Å²) >= 11 is 5.98. The number of hydrogen-bond donors (Lipinski definition) is 1. The van der Waals surface area contributed by atoms with Gasteiger partial charge in [-0.1, -0.05) is 17.7 Å². The summed E-state index contributed by atoms with van der Waals surface area (Å²) < 4.78 is 4.99. The molecule has 0 amide bonds. The molecule has 0 spiro atoms. The minimum atomic E-state index is 0.0533. The van der Waals surface area contributed by atoms with E-state index in [9.17, 15) is 0 Å². The monoisotopic (exact) mass is 227 g/mol. The second-order valence-electron chi connectivity index (χ2n) is 3.80. The fraction of sp³-hybridized carbons (Fsp3) is 0.500. The Hall–Kier alpha value is -0.570. The van der Waals surface area contributed by atoms with Crippen molar-refractivity contribution in [3.8, 4) is 0 Å². The molecule has 15 heavy (non-hydrogen) atoms. The van der Waals surface area contributed by atoms with Gasteiger partial charge in [-0.2, -0.15) is 0 Å². The molecular formula is C12H18ClNO. The molecule has 0 aliphatic heterocycles. The van der Waals surface area contributed by atoms with Crippen molar-refractivity contribution in [2.45, 2.75) is 25.8 Å². The van der Waals surface area contributed by atoms with E-state index in [1.54, 1.807) is 7.11 Å². The molecular weight excluding hydrogens is 210 g/mol. The fourth-order valence-corrected chi connectivity index (χ4v) is 1.89. The SMILES string of the molecule is COCCCC(N)c1cc(C)cc(Cl)c1. The van der Waals surface area contributed by atoms with E-state index in [4.69, 9.17) is 22.1 Å². The van der Waals surface area contributed by atoms with Gasteiger partial charge in [0.25, 0.3) is 0 Å². The Morgan fingerprint density at radius 3 is 2.73 bits per heavy atom. The van der Waals surface area contributed by atoms with E-state index in [1.807, 2.05) is 19.1 Å². The van der Waals surface area contributed by atoms with Crippen LogP contribution in [0.4, 0.5) is 0 Å². The lowest BCUT2D eigenvalue weighted by atomic mass is 10.0. The normalized spacial score (nSPS) is 12.8. The molecule has 1 unspecified atom stereocenters. The maximum atomic E-state index is 6.06. The van der Waals surface area contributed by atoms with Crippen LogP contribution < -0.4 is 5.73 Å². The second-order valence-corrected chi connectivity index (χ2v) is 4.24. The predicted octanol–water partition coefficient (Wildman–Crippen LogP) is 3.07. The topological polar surface area (TPSA) is 35.2 Å². The number of benzene rings is 1. The van der Waals surface area contributed by atoms with Crippen molar-refractivity contribution in [2.24, 2.45) is 5.73 Å². The molecule has 1 atom stereocenters. The zero-order valence-electron chi connectivity index (χ0n) is 9.29. The van der Waals surface area contributed by atoms with Crippen LogP contribution in [0.15, 0.2) is 18.2 Å². The number of nitrogens with two attached hydrogens (primary N) is 1. The number of ether oxygens (including phenoxy) is 1. The molecule has 0 aromatic heterocycles. The highest BCUT2D eigenvalue weighted by Gasteiger charge is 2.06. The van der Waals surface area contributed by atoms with Crippen LogP contribution in [0.5, 0.6) is 0 Å². The third-order valence-electron chi connectivity index (χ3n) is 2.36. The van der Waals surface area contributed by atoms with Crippen LogP contribution in [0.2, 0.25) is 5.02 Å². The number of rotatable bonds is 5. The number of halogens is 1. The van der Waals surface area contributed by atoms with Crippen LogP contribution in [0.3, 0.4) is 0 Å². The second kappa shape index (κ2) is 6.11. The summed E-state index contributed by atoms with van der Waals surface area (Å²) in [5, 5.41) is 0.757. The molecule has 1 aromatic rings. The molecule has 0 fully saturated rings. The first-order valence-electron chi connectivity index (χ1n) is 5.15. The Kier molecular flexibility index (Phi) is 5.09. The molecule has 0 radical (unpaired) electrons. The third-order valence-corrected chi connectivity index (χ3v) is 2.57. The van der Waals surface area contributed by atoms with Crippen LogP contribution in [0, 0.1) is 6.92 Å². The van der Waals surface area contributed by atoms with Gasteiger partial charge in [-0.25, -0.2) is 0 Å². The molecule has 0 saturated heterocycles. The Morgan fingerprint density at radius 2 is 2.13 bits per heavy atom. The first kappa shape index (κ1) is 12.5. The van der Waals surface area contributed by atoms with Crippen LogP contribution in [0.25, 0.3) is 0 Å². The van der Waals surface area contributed by atoms with Gasteiger partial charge in [0.15, 0.2) is 0 Å². The van der Waals surface area contributed by atoms with Gasteiger partial charge in [0.05, 0.1) is 0 Å². The van der Waals surface area contributed by atoms with Crippen molar-refractivity contribution >= 4 is 11.6 Å². The van der Waals surface area contributed by atoms with Crippen LogP contribution >= 0.6 is 11.6 Å². The minimum absolute atomic E-state index is 0.0533. The van der Waals surface area contributed by atoms with E-state index < -0.39 is 0 Å². The number of methoxy groups -OCH3 is 1. The summed E-state index contributed by atoms with van der Waals surface area (Å²) in [6.07, 6.45) is 1.90. The molecule has 3 heteroatoms. The van der Waals surface area contributed by atoms with Gasteiger partial charge >= 0.3 is 0 Å². The summed E-state index contributed by atoms with van der Waals surface area (Å²) in [6.45, 7) is 2.78. The van der Waals surface area contributed by atoms with Gasteiger partial charge in [-0.15, -0.1) is 0 Å². The Labute approximate surface area is 96.4 Å². The number of hydrogen-bond acceptors (Lipinski definition) is 2. The van der Waals surface area contributed by atoms with E-state index >= 15 is 0 Å². The lowest BCUT2D eigenvalue weighted by Gasteiger charge is -2.12. The van der Waals surface area contributed by atoms with E-state index in [2.05, 4.69) is 6.07 Å². The average molecular weight is 228 g/mol. The van der Waals surface area contributed by atoms with E-state index in [-0.39, 0.29) is 6.04 Å². The first-order valence-corrected chi connectivity index (χ1v) is 5.53. The summed E-state index contributed by atoms with van der Waals surface area (Å²) in [7, 11) is 1.70. The Balaban J connectivity index is 2.60. The summed E-state index contributed by atoms with van der Waals surface area (Å²) in [6, 6.07) is 6.01. The predicted molar refractivity (Wildman–Crippen MR) is 64.2 cm³/mol. The van der Waals surface area contributed by atoms with Gasteiger partial charge in [0, 0.05) is 24.8 Å². The summed E-state index contributed by atoms with van der Waals surface area (Å²) in [5.41, 5.74) is 8.32. The minimum Gasteiger partial charge on any atom is -0.385 e. The Bertz CT molecular complexity index is 294. The number of aryl methyl sites for hydroxylation is 1. The lowest BCUT2D eigenvalue weighted by Crippen LogP contribution is -2.11. The van der Waals surface area contributed by atoms with Crippen LogP contribution in [0.1, 0.15) is 30.0 Å². The fourth-order valence-electron chi connectivity index (χ4n) is 1.59. The van der Waals surface area contributed by atoms with Crippen molar-refractivity contribution in [3.05, 3.63) is 34.3 Å². The van der Waals surface area contributed by atoms with Crippen molar-refractivity contribution in [3.63, 3.8) is 0 Å². The summed E-state index contributed by atoms with van der Waals surface area (Å²) in [4.78, 5) is 0. The highest BCUT2D eigenvalue weighted by Crippen LogP contribution is 2.21. The van der Waals surface area contributed by atoms with Crippen LogP contribution in [-0.2, 0) is 4.74 Å². The molecule has 0 aliphatic carbocycles. The molecule has 0 bridgehead atoms. The van der Waals surface area contributed by atoms with Gasteiger partial charge < -0.3 is 10.5 Å². The molecule has 2 nitrogen and oxygen atoms in total. The molecule has 1 aromatic carbocycles. The molecule has 2 N–H and O–H groups in total. The van der Waals surface area contributed by atoms with E-state index in [0.29, 0.717) is 0 Å². The van der Waals surface area contributed by atoms with E-state index in [0.717, 1.165) is 35.6 Å². The highest BCUT2D eigenvalue weighted by atomic mass is 35.5. The maximum Gasteiger partial charge on any atom is 0.0462 e. The quantitative estimate of drug-likeness (QED) is 0.785. The van der Waals surface area contributed by atoms with Gasteiger partial charge in [0.1, 0.15) is 0 Å². The smallest absolute Gasteiger partial charge is 0.0462 e. The molecule has 84 valence electrons. The zero-order chi connectivity index (χ0) is 11.3. The molecule has 1 rings (SSSR count). The van der Waals surface area contributed by atoms with Gasteiger partial charge in [0.2, 0.25) is 0 Å². The standard InChI is InChI=1S/C12H18ClNO/c1-9-6-10(8-11(13)7-9)12(14)4-3-5-15-2/h6-8,12H,3-5,14H2,1-2H3.